The summed E-state index contributed by atoms with van der Waals surface area (Å²) in [6, 6.07) is 0. The van der Waals surface area contributed by atoms with Crippen LogP contribution in [0.2, 0.25) is 0 Å². The van der Waals surface area contributed by atoms with E-state index in [1.165, 1.54) is 7.11 Å². The highest BCUT2D eigenvalue weighted by Crippen LogP contribution is 2.33. The first-order chi connectivity index (χ1) is 8.62. The third-order valence-corrected chi connectivity index (χ3v) is 3.95. The number of amides is 2. The minimum atomic E-state index is -0.936. The molecule has 2 amide bonds. The average molecular weight is 252 g/mol. The van der Waals surface area contributed by atoms with Crippen LogP contribution in [0.15, 0.2) is 12.2 Å². The number of carbonyl (C=O) groups excluding carboxylic acids is 2. The fourth-order valence-corrected chi connectivity index (χ4v) is 2.96. The zero-order valence-corrected chi connectivity index (χ0v) is 10.7. The van der Waals surface area contributed by atoms with Gasteiger partial charge in [0, 0.05) is 19.6 Å². The maximum atomic E-state index is 12.5. The molecule has 1 aliphatic heterocycles. The topological polar surface area (TPSA) is 72.6 Å². The van der Waals surface area contributed by atoms with Crippen LogP contribution in [0.5, 0.6) is 0 Å². The lowest BCUT2D eigenvalue weighted by Crippen LogP contribution is -2.59. The van der Waals surface area contributed by atoms with E-state index in [4.69, 9.17) is 10.5 Å². The predicted molar refractivity (Wildman–Crippen MR) is 66.6 cm³/mol. The van der Waals surface area contributed by atoms with Crippen LogP contribution in [0, 0.1) is 5.92 Å². The number of allylic oxidation sites excluding steroid dienone is 2. The van der Waals surface area contributed by atoms with Crippen molar-refractivity contribution >= 4 is 11.8 Å². The summed E-state index contributed by atoms with van der Waals surface area (Å²) < 4.78 is 5.12. The van der Waals surface area contributed by atoms with Crippen molar-refractivity contribution in [3.63, 3.8) is 0 Å². The molecule has 1 heterocycles. The molecule has 0 aromatic rings. The van der Waals surface area contributed by atoms with Crippen LogP contribution < -0.4 is 5.73 Å². The zero-order chi connectivity index (χ0) is 13.2. The molecule has 5 nitrogen and oxygen atoms in total. The minimum Gasteiger partial charge on any atom is -0.382 e. The molecule has 1 atom stereocenters. The number of hydrogen-bond acceptors (Lipinski definition) is 3. The molecule has 1 aliphatic carbocycles. The van der Waals surface area contributed by atoms with E-state index in [0.717, 1.165) is 19.3 Å². The molecule has 2 N–H and O–H groups in total. The molecule has 0 bridgehead atoms. The summed E-state index contributed by atoms with van der Waals surface area (Å²) >= 11 is 0. The molecule has 1 fully saturated rings. The fourth-order valence-electron chi connectivity index (χ4n) is 2.96. The van der Waals surface area contributed by atoms with Gasteiger partial charge in [0.1, 0.15) is 5.54 Å². The Hall–Kier alpha value is -1.36. The molecule has 0 spiro atoms. The van der Waals surface area contributed by atoms with Gasteiger partial charge in [-0.05, 0) is 25.7 Å². The standard InChI is InChI=1S/C13H20N2O3/c1-18-9-13(12(14)17)7-4-8-15(13)11(16)10-5-2-3-6-10/h2-3,10H,4-9H2,1H3,(H2,14,17). The number of carbonyl (C=O) groups is 2. The second-order valence-corrected chi connectivity index (χ2v) is 5.06. The van der Waals surface area contributed by atoms with Crippen molar-refractivity contribution in [2.75, 3.05) is 20.3 Å². The highest BCUT2D eigenvalue weighted by molar-refractivity contribution is 5.92. The summed E-state index contributed by atoms with van der Waals surface area (Å²) in [6.45, 7) is 0.788. The minimum absolute atomic E-state index is 0.0290. The number of rotatable bonds is 4. The smallest absolute Gasteiger partial charge is 0.245 e. The lowest BCUT2D eigenvalue weighted by molar-refractivity contribution is -0.149. The van der Waals surface area contributed by atoms with Gasteiger partial charge in [0.2, 0.25) is 11.8 Å². The maximum Gasteiger partial charge on any atom is 0.245 e. The van der Waals surface area contributed by atoms with Crippen molar-refractivity contribution in [3.05, 3.63) is 12.2 Å². The number of nitrogens with zero attached hydrogens (tertiary/aromatic N) is 1. The number of primary amides is 1. The molecule has 18 heavy (non-hydrogen) atoms. The molecule has 100 valence electrons. The first kappa shape index (κ1) is 13.1. The molecular weight excluding hydrogens is 232 g/mol. The Labute approximate surface area is 107 Å². The highest BCUT2D eigenvalue weighted by atomic mass is 16.5. The Morgan fingerprint density at radius 2 is 2.11 bits per heavy atom. The zero-order valence-electron chi connectivity index (χ0n) is 10.7. The van der Waals surface area contributed by atoms with Crippen LogP contribution in [0.3, 0.4) is 0 Å². The summed E-state index contributed by atoms with van der Waals surface area (Å²) in [6.07, 6.45) is 6.95. The van der Waals surface area contributed by atoms with Crippen LogP contribution in [-0.4, -0.2) is 42.5 Å². The van der Waals surface area contributed by atoms with Gasteiger partial charge in [0.05, 0.1) is 6.61 Å². The Morgan fingerprint density at radius 3 is 2.67 bits per heavy atom. The van der Waals surface area contributed by atoms with E-state index in [1.807, 2.05) is 12.2 Å². The molecule has 2 rings (SSSR count). The van der Waals surface area contributed by atoms with E-state index in [9.17, 15) is 9.59 Å². The number of likely N-dealkylation sites (tertiary alicyclic amines) is 1. The van der Waals surface area contributed by atoms with Crippen molar-refractivity contribution < 1.29 is 14.3 Å². The van der Waals surface area contributed by atoms with Crippen molar-refractivity contribution in [1.29, 1.82) is 0 Å². The van der Waals surface area contributed by atoms with Crippen LogP contribution >= 0.6 is 0 Å². The molecule has 0 radical (unpaired) electrons. The van der Waals surface area contributed by atoms with Crippen LogP contribution in [-0.2, 0) is 14.3 Å². The number of nitrogens with two attached hydrogens (primary N) is 1. The molecule has 2 aliphatic rings. The van der Waals surface area contributed by atoms with Gasteiger partial charge >= 0.3 is 0 Å². The molecule has 0 saturated carbocycles. The van der Waals surface area contributed by atoms with Gasteiger partial charge in [0.15, 0.2) is 0 Å². The Bertz CT molecular complexity index is 372. The Morgan fingerprint density at radius 1 is 1.44 bits per heavy atom. The lowest BCUT2D eigenvalue weighted by Gasteiger charge is -2.36. The van der Waals surface area contributed by atoms with Crippen LogP contribution in [0.4, 0.5) is 0 Å². The van der Waals surface area contributed by atoms with Gasteiger partial charge in [-0.2, -0.15) is 0 Å². The molecular formula is C13H20N2O3. The predicted octanol–water partition coefficient (Wildman–Crippen LogP) is 0.445. The lowest BCUT2D eigenvalue weighted by atomic mass is 9.94. The maximum absolute atomic E-state index is 12.5. The Balaban J connectivity index is 2.19. The van der Waals surface area contributed by atoms with Crippen molar-refractivity contribution in [3.8, 4) is 0 Å². The number of methoxy groups -OCH3 is 1. The van der Waals surface area contributed by atoms with Crippen molar-refractivity contribution in [1.82, 2.24) is 4.90 Å². The second-order valence-electron chi connectivity index (χ2n) is 5.06. The summed E-state index contributed by atoms with van der Waals surface area (Å²) in [5, 5.41) is 0. The molecule has 1 saturated heterocycles. The van der Waals surface area contributed by atoms with E-state index in [0.29, 0.717) is 13.0 Å². The molecule has 5 heteroatoms. The quantitative estimate of drug-likeness (QED) is 0.738. The van der Waals surface area contributed by atoms with Crippen LogP contribution in [0.1, 0.15) is 25.7 Å². The average Bonchev–Trinajstić information content (AvgIpc) is 2.98. The van der Waals surface area contributed by atoms with Gasteiger partial charge in [0.25, 0.3) is 0 Å². The third-order valence-electron chi connectivity index (χ3n) is 3.95. The van der Waals surface area contributed by atoms with E-state index >= 15 is 0 Å². The molecule has 1 unspecified atom stereocenters. The van der Waals surface area contributed by atoms with Crippen molar-refractivity contribution in [2.45, 2.75) is 31.2 Å². The van der Waals surface area contributed by atoms with Gasteiger partial charge in [-0.1, -0.05) is 12.2 Å². The second kappa shape index (κ2) is 5.10. The van der Waals surface area contributed by atoms with E-state index in [-0.39, 0.29) is 18.4 Å². The fraction of sp³-hybridized carbons (Fsp3) is 0.692. The normalized spacial score (nSPS) is 27.9. The summed E-state index contributed by atoms with van der Waals surface area (Å²) in [5.41, 5.74) is 4.58. The summed E-state index contributed by atoms with van der Waals surface area (Å²) in [5.74, 6) is -0.451. The van der Waals surface area contributed by atoms with E-state index in [2.05, 4.69) is 0 Å². The summed E-state index contributed by atoms with van der Waals surface area (Å²) in [7, 11) is 1.53. The number of ether oxygens (including phenoxy) is 1. The van der Waals surface area contributed by atoms with Gasteiger partial charge in [-0.25, -0.2) is 0 Å². The van der Waals surface area contributed by atoms with Gasteiger partial charge < -0.3 is 15.4 Å². The third kappa shape index (κ3) is 2.03. The first-order valence-corrected chi connectivity index (χ1v) is 6.37. The molecule has 0 aromatic carbocycles. The van der Waals surface area contributed by atoms with Crippen LogP contribution in [0.25, 0.3) is 0 Å². The highest BCUT2D eigenvalue weighted by Gasteiger charge is 2.49. The van der Waals surface area contributed by atoms with E-state index < -0.39 is 11.4 Å². The number of hydrogen-bond donors (Lipinski definition) is 1. The van der Waals surface area contributed by atoms with Crippen molar-refractivity contribution in [2.24, 2.45) is 11.7 Å². The SMILES string of the molecule is COCC1(C(N)=O)CCCN1C(=O)C1CC=CC1. The summed E-state index contributed by atoms with van der Waals surface area (Å²) in [4.78, 5) is 25.9. The van der Waals surface area contributed by atoms with Gasteiger partial charge in [-0.3, -0.25) is 9.59 Å². The van der Waals surface area contributed by atoms with E-state index in [1.54, 1.807) is 4.90 Å². The Kier molecular flexibility index (Phi) is 3.71. The first-order valence-electron chi connectivity index (χ1n) is 6.37. The molecule has 0 aromatic heterocycles. The van der Waals surface area contributed by atoms with Gasteiger partial charge in [-0.15, -0.1) is 0 Å². The largest absolute Gasteiger partial charge is 0.382 e. The monoisotopic (exact) mass is 252 g/mol.